The molecule has 0 aromatic carbocycles. The van der Waals surface area contributed by atoms with Crippen LogP contribution in [0.5, 0.6) is 0 Å². The van der Waals surface area contributed by atoms with Crippen molar-refractivity contribution in [3.05, 3.63) is 0 Å². The van der Waals surface area contributed by atoms with Crippen LogP contribution in [0, 0.1) is 17.3 Å². The smallest absolute Gasteiger partial charge is 0.406 e. The molecule has 0 radical (unpaired) electrons. The molecule has 0 saturated heterocycles. The minimum absolute atomic E-state index is 0.406. The van der Waals surface area contributed by atoms with Crippen LogP contribution in [0.15, 0.2) is 0 Å². The minimum atomic E-state index is -4.49. The Morgan fingerprint density at radius 2 is 1.67 bits per heavy atom. The Morgan fingerprint density at radius 3 is 1.95 bits per heavy atom. The molecule has 1 saturated carbocycles. The van der Waals surface area contributed by atoms with E-state index in [0.717, 1.165) is 4.90 Å². The molecular formula is C14H22F3NO3. The van der Waals surface area contributed by atoms with Crippen molar-refractivity contribution in [1.82, 2.24) is 4.90 Å². The lowest BCUT2D eigenvalue weighted by atomic mass is 10.1. The van der Waals surface area contributed by atoms with Crippen molar-refractivity contribution in [2.45, 2.75) is 52.8 Å². The highest BCUT2D eigenvalue weighted by molar-refractivity contribution is 5.91. The molecule has 4 nitrogen and oxygen atoms in total. The summed E-state index contributed by atoms with van der Waals surface area (Å²) in [6.45, 7) is 5.33. The normalized spacial score (nSPS) is 24.0. The molecule has 0 bridgehead atoms. The summed E-state index contributed by atoms with van der Waals surface area (Å²) in [5.74, 6) is -3.61. The number of nitrogens with zero attached hydrogens (tertiary/aromatic N) is 1. The molecule has 7 heteroatoms. The van der Waals surface area contributed by atoms with Crippen molar-refractivity contribution in [2.75, 3.05) is 6.54 Å². The van der Waals surface area contributed by atoms with Crippen LogP contribution >= 0.6 is 0 Å². The zero-order valence-electron chi connectivity index (χ0n) is 12.7. The summed E-state index contributed by atoms with van der Waals surface area (Å²) in [5.41, 5.74) is -0.793. The van der Waals surface area contributed by atoms with Crippen molar-refractivity contribution >= 4 is 11.9 Å². The zero-order valence-corrected chi connectivity index (χ0v) is 12.7. The monoisotopic (exact) mass is 309 g/mol. The summed E-state index contributed by atoms with van der Waals surface area (Å²) in [6.07, 6.45) is -3.68. The number of halogens is 3. The second-order valence-corrected chi connectivity index (χ2v) is 6.17. The number of rotatable bonds is 6. The lowest BCUT2D eigenvalue weighted by Crippen LogP contribution is -2.46. The number of hydrogen-bond acceptors (Lipinski definition) is 2. The first-order valence-electron chi connectivity index (χ1n) is 7.07. The molecule has 0 spiro atoms. The Kier molecular flexibility index (Phi) is 4.95. The van der Waals surface area contributed by atoms with E-state index < -0.39 is 47.9 Å². The van der Waals surface area contributed by atoms with Gasteiger partial charge in [0.2, 0.25) is 5.91 Å². The van der Waals surface area contributed by atoms with Gasteiger partial charge < -0.3 is 10.0 Å². The lowest BCUT2D eigenvalue weighted by Gasteiger charge is -2.32. The van der Waals surface area contributed by atoms with Crippen LogP contribution in [0.1, 0.15) is 40.5 Å². The van der Waals surface area contributed by atoms with Crippen LogP contribution < -0.4 is 0 Å². The first-order chi connectivity index (χ1) is 9.47. The zero-order chi connectivity index (χ0) is 16.6. The predicted octanol–water partition coefficient (Wildman–Crippen LogP) is 2.92. The number of carbonyl (C=O) groups is 2. The molecular weight excluding hydrogens is 287 g/mol. The highest BCUT2D eigenvalue weighted by Gasteiger charge is 2.67. The molecule has 0 aliphatic heterocycles. The Labute approximate surface area is 122 Å². The van der Waals surface area contributed by atoms with Crippen LogP contribution in [-0.2, 0) is 9.59 Å². The van der Waals surface area contributed by atoms with E-state index >= 15 is 0 Å². The van der Waals surface area contributed by atoms with Gasteiger partial charge in [0.25, 0.3) is 0 Å². The van der Waals surface area contributed by atoms with Gasteiger partial charge in [-0.05, 0) is 18.3 Å². The van der Waals surface area contributed by atoms with Gasteiger partial charge in [0.1, 0.15) is 6.54 Å². The molecule has 0 heterocycles. The van der Waals surface area contributed by atoms with Gasteiger partial charge >= 0.3 is 12.1 Å². The van der Waals surface area contributed by atoms with Gasteiger partial charge in [-0.3, -0.25) is 9.59 Å². The molecule has 1 fully saturated rings. The molecule has 2 atom stereocenters. The predicted molar refractivity (Wildman–Crippen MR) is 70.5 cm³/mol. The van der Waals surface area contributed by atoms with E-state index in [9.17, 15) is 22.8 Å². The maximum atomic E-state index is 12.7. The third kappa shape index (κ3) is 3.68. The quantitative estimate of drug-likeness (QED) is 0.820. The van der Waals surface area contributed by atoms with Crippen LogP contribution in [-0.4, -0.2) is 40.6 Å². The fourth-order valence-electron chi connectivity index (χ4n) is 3.05. The molecule has 0 aromatic heterocycles. The van der Waals surface area contributed by atoms with Crippen molar-refractivity contribution in [3.63, 3.8) is 0 Å². The van der Waals surface area contributed by atoms with Gasteiger partial charge in [0, 0.05) is 6.04 Å². The molecule has 1 aliphatic carbocycles. The average Bonchev–Trinajstić information content (AvgIpc) is 2.90. The van der Waals surface area contributed by atoms with Gasteiger partial charge in [-0.1, -0.05) is 27.7 Å². The first kappa shape index (κ1) is 17.8. The van der Waals surface area contributed by atoms with E-state index in [1.54, 1.807) is 27.7 Å². The third-order valence-corrected chi connectivity index (χ3v) is 4.38. The molecule has 1 aliphatic rings. The Morgan fingerprint density at radius 1 is 1.19 bits per heavy atom. The Bertz CT molecular complexity index is 416. The number of carboxylic acids is 1. The van der Waals surface area contributed by atoms with E-state index in [-0.39, 0.29) is 0 Å². The summed E-state index contributed by atoms with van der Waals surface area (Å²) in [4.78, 5) is 24.4. The number of carboxylic acid groups (broad SMARTS) is 1. The molecule has 21 heavy (non-hydrogen) atoms. The van der Waals surface area contributed by atoms with E-state index in [0.29, 0.717) is 12.8 Å². The number of carbonyl (C=O) groups excluding carboxylic acids is 1. The van der Waals surface area contributed by atoms with E-state index in [2.05, 4.69) is 0 Å². The van der Waals surface area contributed by atoms with Crippen LogP contribution in [0.25, 0.3) is 0 Å². The molecule has 1 amide bonds. The summed E-state index contributed by atoms with van der Waals surface area (Å²) in [7, 11) is 0. The standard InChI is InChI=1S/C14H22F3NO3/c1-5-8(6-2)18(7-14(15,16)17)11(19)9-10(12(20)21)13(9,3)4/h8-10H,5-7H2,1-4H3,(H,20,21). The maximum absolute atomic E-state index is 12.7. The molecule has 122 valence electrons. The SMILES string of the molecule is CCC(CC)N(CC(F)(F)F)C(=O)C1C(C(=O)O)C1(C)C. The average molecular weight is 309 g/mol. The number of amides is 1. The van der Waals surface area contributed by atoms with Crippen LogP contribution in [0.2, 0.25) is 0 Å². The highest BCUT2D eigenvalue weighted by Crippen LogP contribution is 2.59. The van der Waals surface area contributed by atoms with E-state index in [1.807, 2.05) is 0 Å². The fourth-order valence-corrected chi connectivity index (χ4v) is 3.05. The summed E-state index contributed by atoms with van der Waals surface area (Å²) in [6, 6.07) is -0.523. The highest BCUT2D eigenvalue weighted by atomic mass is 19.4. The molecule has 1 N–H and O–H groups in total. The number of hydrogen-bond donors (Lipinski definition) is 1. The Balaban J connectivity index is 2.99. The topological polar surface area (TPSA) is 57.6 Å². The molecule has 1 rings (SSSR count). The van der Waals surface area contributed by atoms with Crippen molar-refractivity contribution in [2.24, 2.45) is 17.3 Å². The lowest BCUT2D eigenvalue weighted by molar-refractivity contribution is -0.167. The van der Waals surface area contributed by atoms with E-state index in [1.165, 1.54) is 0 Å². The third-order valence-electron chi connectivity index (χ3n) is 4.38. The molecule has 0 aromatic rings. The van der Waals surface area contributed by atoms with Crippen LogP contribution in [0.4, 0.5) is 13.2 Å². The van der Waals surface area contributed by atoms with Gasteiger partial charge in [-0.2, -0.15) is 13.2 Å². The van der Waals surface area contributed by atoms with Gasteiger partial charge in [0.15, 0.2) is 0 Å². The Hall–Kier alpha value is -1.27. The minimum Gasteiger partial charge on any atom is -0.481 e. The second kappa shape index (κ2) is 5.85. The fraction of sp³-hybridized carbons (Fsp3) is 0.857. The van der Waals surface area contributed by atoms with Crippen LogP contribution in [0.3, 0.4) is 0 Å². The largest absolute Gasteiger partial charge is 0.481 e. The van der Waals surface area contributed by atoms with Gasteiger partial charge in [-0.15, -0.1) is 0 Å². The molecule has 2 unspecified atom stereocenters. The van der Waals surface area contributed by atoms with Crippen molar-refractivity contribution < 1.29 is 27.9 Å². The van der Waals surface area contributed by atoms with Gasteiger partial charge in [0.05, 0.1) is 11.8 Å². The van der Waals surface area contributed by atoms with Crippen molar-refractivity contribution in [3.8, 4) is 0 Å². The number of alkyl halides is 3. The summed E-state index contributed by atoms with van der Waals surface area (Å²) < 4.78 is 38.2. The number of aliphatic carboxylic acids is 1. The van der Waals surface area contributed by atoms with Gasteiger partial charge in [-0.25, -0.2) is 0 Å². The van der Waals surface area contributed by atoms with Crippen molar-refractivity contribution in [1.29, 1.82) is 0 Å². The first-order valence-corrected chi connectivity index (χ1v) is 7.07. The second-order valence-electron chi connectivity index (χ2n) is 6.17. The maximum Gasteiger partial charge on any atom is 0.406 e. The summed E-state index contributed by atoms with van der Waals surface area (Å²) in [5, 5.41) is 9.08. The van der Waals surface area contributed by atoms with E-state index in [4.69, 9.17) is 5.11 Å². The summed E-state index contributed by atoms with van der Waals surface area (Å²) >= 11 is 0.